The van der Waals surface area contributed by atoms with Crippen molar-refractivity contribution in [2.45, 2.75) is 136 Å². The van der Waals surface area contributed by atoms with Gasteiger partial charge in [-0.3, -0.25) is 0 Å². The third kappa shape index (κ3) is 18.4. The molecule has 0 rings (SSSR count). The van der Waals surface area contributed by atoms with Crippen LogP contribution in [-0.4, -0.2) is 30.7 Å². The fraction of sp³-hybridized carbons (Fsp3) is 0.958. The summed E-state index contributed by atoms with van der Waals surface area (Å²) >= 11 is 0. The number of hydrogen-bond donors (Lipinski definition) is 0. The molecule has 0 aromatic rings. The van der Waals surface area contributed by atoms with Crippen molar-refractivity contribution in [2.75, 3.05) is 13.6 Å². The largest absolute Gasteiger partial charge is 0.446 e. The molecule has 0 fully saturated rings. The van der Waals surface area contributed by atoms with E-state index in [0.29, 0.717) is 0 Å². The molecule has 0 saturated heterocycles. The van der Waals surface area contributed by atoms with Gasteiger partial charge in [0.05, 0.1) is 0 Å². The summed E-state index contributed by atoms with van der Waals surface area (Å²) in [6.07, 6.45) is 22.7. The number of ether oxygens (including phenoxy) is 1. The topological polar surface area (TPSA) is 29.5 Å². The van der Waals surface area contributed by atoms with Crippen molar-refractivity contribution < 1.29 is 9.53 Å². The van der Waals surface area contributed by atoms with Gasteiger partial charge in [-0.05, 0) is 19.8 Å². The lowest BCUT2D eigenvalue weighted by Crippen LogP contribution is -2.30. The molecule has 27 heavy (non-hydrogen) atoms. The highest BCUT2D eigenvalue weighted by atomic mass is 16.6. The first-order valence-electron chi connectivity index (χ1n) is 12.0. The molecule has 0 aliphatic rings. The Kier molecular flexibility index (Phi) is 19.5. The lowest BCUT2D eigenvalue weighted by molar-refractivity contribution is 0.0747. The van der Waals surface area contributed by atoms with E-state index in [1.807, 2.05) is 20.9 Å². The SMILES string of the molecule is CCCCCCCCCCCCCCCCCCN(C)C(=O)OC(C)CC. The molecule has 0 aliphatic carbocycles. The summed E-state index contributed by atoms with van der Waals surface area (Å²) in [7, 11) is 1.84. The van der Waals surface area contributed by atoms with Gasteiger partial charge in [-0.1, -0.05) is 110 Å². The number of amides is 1. The first kappa shape index (κ1) is 26.3. The van der Waals surface area contributed by atoms with Crippen LogP contribution in [0, 0.1) is 0 Å². The average molecular weight is 384 g/mol. The fourth-order valence-corrected chi connectivity index (χ4v) is 3.33. The van der Waals surface area contributed by atoms with Crippen LogP contribution < -0.4 is 0 Å². The van der Waals surface area contributed by atoms with Crippen LogP contribution in [0.2, 0.25) is 0 Å². The van der Waals surface area contributed by atoms with Crippen molar-refractivity contribution >= 4 is 6.09 Å². The summed E-state index contributed by atoms with van der Waals surface area (Å²) in [5.74, 6) is 0. The van der Waals surface area contributed by atoms with Crippen molar-refractivity contribution in [3.05, 3.63) is 0 Å². The van der Waals surface area contributed by atoms with E-state index in [1.165, 1.54) is 96.3 Å². The summed E-state index contributed by atoms with van der Waals surface area (Å²) < 4.78 is 5.33. The highest BCUT2D eigenvalue weighted by Crippen LogP contribution is 2.14. The lowest BCUT2D eigenvalue weighted by Gasteiger charge is -2.19. The molecule has 3 heteroatoms. The maximum atomic E-state index is 11.8. The molecular weight excluding hydrogens is 334 g/mol. The van der Waals surface area contributed by atoms with Crippen LogP contribution in [0.4, 0.5) is 4.79 Å². The Morgan fingerprint density at radius 2 is 1.07 bits per heavy atom. The molecule has 3 nitrogen and oxygen atoms in total. The molecule has 0 spiro atoms. The second-order valence-corrected chi connectivity index (χ2v) is 8.33. The van der Waals surface area contributed by atoms with E-state index in [2.05, 4.69) is 6.92 Å². The minimum Gasteiger partial charge on any atom is -0.446 e. The van der Waals surface area contributed by atoms with Crippen LogP contribution in [0.3, 0.4) is 0 Å². The predicted octanol–water partition coefficient (Wildman–Crippen LogP) is 8.11. The first-order valence-corrected chi connectivity index (χ1v) is 12.0. The van der Waals surface area contributed by atoms with Gasteiger partial charge >= 0.3 is 6.09 Å². The van der Waals surface area contributed by atoms with Gasteiger partial charge in [0.25, 0.3) is 0 Å². The van der Waals surface area contributed by atoms with Crippen molar-refractivity contribution in [2.24, 2.45) is 0 Å². The molecule has 0 aliphatic heterocycles. The highest BCUT2D eigenvalue weighted by Gasteiger charge is 2.12. The molecule has 0 N–H and O–H groups in total. The number of unbranched alkanes of at least 4 members (excludes halogenated alkanes) is 15. The van der Waals surface area contributed by atoms with Crippen molar-refractivity contribution in [3.63, 3.8) is 0 Å². The zero-order chi connectivity index (χ0) is 20.2. The third-order valence-corrected chi connectivity index (χ3v) is 5.54. The second-order valence-electron chi connectivity index (χ2n) is 8.33. The minimum absolute atomic E-state index is 0.0192. The fourth-order valence-electron chi connectivity index (χ4n) is 3.33. The van der Waals surface area contributed by atoms with E-state index in [1.54, 1.807) is 4.90 Å². The third-order valence-electron chi connectivity index (χ3n) is 5.54. The van der Waals surface area contributed by atoms with Crippen LogP contribution in [0.15, 0.2) is 0 Å². The maximum absolute atomic E-state index is 11.8. The van der Waals surface area contributed by atoms with Crippen LogP contribution >= 0.6 is 0 Å². The maximum Gasteiger partial charge on any atom is 0.409 e. The van der Waals surface area contributed by atoms with Gasteiger partial charge in [0.15, 0.2) is 0 Å². The zero-order valence-corrected chi connectivity index (χ0v) is 19.1. The normalized spacial score (nSPS) is 12.1. The molecule has 0 saturated carbocycles. The van der Waals surface area contributed by atoms with Gasteiger partial charge in [-0.15, -0.1) is 0 Å². The standard InChI is InChI=1S/C24H49NO2/c1-5-7-8-9-10-11-12-13-14-15-16-17-18-19-20-21-22-25(4)24(26)27-23(3)6-2/h23H,5-22H2,1-4H3. The molecule has 0 bridgehead atoms. The van der Waals surface area contributed by atoms with Gasteiger partial charge in [-0.2, -0.15) is 0 Å². The van der Waals surface area contributed by atoms with Crippen LogP contribution in [0.25, 0.3) is 0 Å². The van der Waals surface area contributed by atoms with E-state index >= 15 is 0 Å². The van der Waals surface area contributed by atoms with Crippen LogP contribution in [0.5, 0.6) is 0 Å². The molecule has 0 aromatic carbocycles. The first-order chi connectivity index (χ1) is 13.1. The van der Waals surface area contributed by atoms with E-state index < -0.39 is 0 Å². The monoisotopic (exact) mass is 383 g/mol. The summed E-state index contributed by atoms with van der Waals surface area (Å²) in [5.41, 5.74) is 0. The summed E-state index contributed by atoms with van der Waals surface area (Å²) in [6, 6.07) is 0. The summed E-state index contributed by atoms with van der Waals surface area (Å²) in [5, 5.41) is 0. The Hall–Kier alpha value is -0.730. The van der Waals surface area contributed by atoms with E-state index in [-0.39, 0.29) is 12.2 Å². The average Bonchev–Trinajstić information content (AvgIpc) is 2.67. The number of nitrogens with zero attached hydrogens (tertiary/aromatic N) is 1. The van der Waals surface area contributed by atoms with Crippen LogP contribution in [0.1, 0.15) is 130 Å². The Morgan fingerprint density at radius 3 is 1.44 bits per heavy atom. The van der Waals surface area contributed by atoms with Crippen molar-refractivity contribution in [1.29, 1.82) is 0 Å². The number of carbonyl (C=O) groups excluding carboxylic acids is 1. The number of carbonyl (C=O) groups is 1. The van der Waals surface area contributed by atoms with E-state index in [4.69, 9.17) is 4.74 Å². The Labute approximate surface area is 170 Å². The number of rotatable bonds is 19. The second kappa shape index (κ2) is 20.0. The Balaban J connectivity index is 3.23. The summed E-state index contributed by atoms with van der Waals surface area (Å²) in [4.78, 5) is 13.5. The molecule has 1 amide bonds. The lowest BCUT2D eigenvalue weighted by atomic mass is 10.0. The van der Waals surface area contributed by atoms with Crippen molar-refractivity contribution in [3.8, 4) is 0 Å². The van der Waals surface area contributed by atoms with Crippen LogP contribution in [-0.2, 0) is 4.74 Å². The number of hydrogen-bond acceptors (Lipinski definition) is 2. The molecule has 162 valence electrons. The zero-order valence-electron chi connectivity index (χ0n) is 19.1. The van der Waals surface area contributed by atoms with E-state index in [9.17, 15) is 4.79 Å². The molecule has 0 radical (unpaired) electrons. The Bertz CT molecular complexity index is 320. The van der Waals surface area contributed by atoms with Gasteiger partial charge in [0.1, 0.15) is 6.10 Å². The van der Waals surface area contributed by atoms with Crippen molar-refractivity contribution in [1.82, 2.24) is 4.90 Å². The molecule has 0 aromatic heterocycles. The van der Waals surface area contributed by atoms with Gasteiger partial charge < -0.3 is 9.64 Å². The minimum atomic E-state index is -0.176. The molecule has 1 unspecified atom stereocenters. The van der Waals surface area contributed by atoms with Gasteiger partial charge in [-0.25, -0.2) is 4.79 Å². The highest BCUT2D eigenvalue weighted by molar-refractivity contribution is 5.67. The molecule has 0 heterocycles. The van der Waals surface area contributed by atoms with Gasteiger partial charge in [0, 0.05) is 13.6 Å². The smallest absolute Gasteiger partial charge is 0.409 e. The Morgan fingerprint density at radius 1 is 0.704 bits per heavy atom. The van der Waals surface area contributed by atoms with E-state index in [0.717, 1.165) is 19.4 Å². The molecule has 1 atom stereocenters. The quantitative estimate of drug-likeness (QED) is 0.211. The van der Waals surface area contributed by atoms with Gasteiger partial charge in [0.2, 0.25) is 0 Å². The summed E-state index contributed by atoms with van der Waals surface area (Å²) in [6.45, 7) is 7.08. The predicted molar refractivity (Wildman–Crippen MR) is 118 cm³/mol. The molecular formula is C24H49NO2.